The number of benzene rings is 1. The number of hydrogen-bond acceptors (Lipinski definition) is 3. The maximum absolute atomic E-state index is 12.3. The number of piperidine rings is 1. The molecule has 0 bridgehead atoms. The van der Waals surface area contributed by atoms with E-state index in [1.54, 1.807) is 0 Å². The fourth-order valence-corrected chi connectivity index (χ4v) is 2.80. The largest absolute Gasteiger partial charge is 0.395 e. The molecule has 3 heteroatoms. The van der Waals surface area contributed by atoms with Crippen LogP contribution in [0.3, 0.4) is 0 Å². The zero-order valence-corrected chi connectivity index (χ0v) is 12.5. The van der Waals surface area contributed by atoms with E-state index in [-0.39, 0.29) is 18.4 Å². The predicted molar refractivity (Wildman–Crippen MR) is 81.2 cm³/mol. The molecule has 0 spiro atoms. The van der Waals surface area contributed by atoms with Crippen LogP contribution in [0, 0.1) is 0 Å². The van der Waals surface area contributed by atoms with Crippen molar-refractivity contribution in [2.45, 2.75) is 45.1 Å². The Hall–Kier alpha value is -1.19. The fraction of sp³-hybridized carbons (Fsp3) is 0.588. The van der Waals surface area contributed by atoms with E-state index >= 15 is 0 Å². The molecule has 1 fully saturated rings. The second kappa shape index (κ2) is 7.00. The van der Waals surface area contributed by atoms with Gasteiger partial charge in [-0.3, -0.25) is 9.69 Å². The predicted octanol–water partition coefficient (Wildman–Crippen LogP) is 2.84. The minimum absolute atomic E-state index is 0.152. The van der Waals surface area contributed by atoms with Crippen molar-refractivity contribution < 1.29 is 9.90 Å². The Balaban J connectivity index is 2.00. The third-order valence-electron chi connectivity index (χ3n) is 4.21. The summed E-state index contributed by atoms with van der Waals surface area (Å²) in [6.45, 7) is 5.79. The van der Waals surface area contributed by atoms with Gasteiger partial charge in [0, 0.05) is 11.6 Å². The number of aliphatic hydroxyl groups excluding tert-OH is 1. The maximum Gasteiger partial charge on any atom is 0.176 e. The van der Waals surface area contributed by atoms with Gasteiger partial charge in [0.2, 0.25) is 0 Å². The molecule has 1 aromatic rings. The first-order valence-electron chi connectivity index (χ1n) is 7.60. The number of ketones is 1. The van der Waals surface area contributed by atoms with Gasteiger partial charge in [0.1, 0.15) is 0 Å². The van der Waals surface area contributed by atoms with Crippen molar-refractivity contribution in [3.8, 4) is 0 Å². The lowest BCUT2D eigenvalue weighted by Gasteiger charge is -2.33. The van der Waals surface area contributed by atoms with Gasteiger partial charge < -0.3 is 5.11 Å². The molecule has 0 saturated carbocycles. The number of aliphatic hydroxyl groups is 1. The molecule has 0 radical (unpaired) electrons. The van der Waals surface area contributed by atoms with Gasteiger partial charge in [0.15, 0.2) is 5.78 Å². The van der Waals surface area contributed by atoms with Crippen LogP contribution in [0.4, 0.5) is 0 Å². The molecule has 1 aliphatic rings. The molecule has 1 N–H and O–H groups in total. The van der Waals surface area contributed by atoms with E-state index in [2.05, 4.69) is 18.7 Å². The summed E-state index contributed by atoms with van der Waals surface area (Å²) in [7, 11) is 0. The van der Waals surface area contributed by atoms with Crippen molar-refractivity contribution >= 4 is 5.78 Å². The third kappa shape index (κ3) is 3.68. The number of nitrogens with zero attached hydrogens (tertiary/aromatic N) is 1. The first-order valence-corrected chi connectivity index (χ1v) is 7.60. The van der Waals surface area contributed by atoms with Gasteiger partial charge in [-0.15, -0.1) is 0 Å². The number of carbonyl (C=O) groups is 1. The van der Waals surface area contributed by atoms with Crippen LogP contribution in [0.25, 0.3) is 0 Å². The van der Waals surface area contributed by atoms with E-state index in [4.69, 9.17) is 0 Å². The second-order valence-electron chi connectivity index (χ2n) is 6.00. The molecule has 0 aliphatic carbocycles. The molecule has 20 heavy (non-hydrogen) atoms. The summed E-state index contributed by atoms with van der Waals surface area (Å²) < 4.78 is 0. The molecule has 0 aromatic heterocycles. The fourth-order valence-electron chi connectivity index (χ4n) is 2.80. The first-order chi connectivity index (χ1) is 9.61. The molecule has 1 saturated heterocycles. The minimum atomic E-state index is 0.152. The average molecular weight is 275 g/mol. The molecule has 1 unspecified atom stereocenters. The van der Waals surface area contributed by atoms with Crippen LogP contribution in [0.5, 0.6) is 0 Å². The molecular formula is C17H25NO2. The zero-order chi connectivity index (χ0) is 14.5. The van der Waals surface area contributed by atoms with Crippen molar-refractivity contribution in [3.05, 3.63) is 35.4 Å². The Morgan fingerprint density at radius 3 is 2.60 bits per heavy atom. The van der Waals surface area contributed by atoms with Crippen molar-refractivity contribution in [2.24, 2.45) is 0 Å². The number of Topliss-reactive ketones (excluding diaryl/α,β-unsaturated/α-hetero) is 1. The summed E-state index contributed by atoms with van der Waals surface area (Å²) in [4.78, 5) is 14.5. The topological polar surface area (TPSA) is 40.5 Å². The van der Waals surface area contributed by atoms with Gasteiger partial charge in [-0.05, 0) is 30.9 Å². The lowest BCUT2D eigenvalue weighted by molar-refractivity contribution is 0.0711. The first kappa shape index (κ1) is 15.2. The van der Waals surface area contributed by atoms with E-state index in [9.17, 15) is 9.90 Å². The molecule has 1 aromatic carbocycles. The monoisotopic (exact) mass is 275 g/mol. The van der Waals surface area contributed by atoms with Gasteiger partial charge in [-0.1, -0.05) is 44.5 Å². The smallest absolute Gasteiger partial charge is 0.176 e. The highest BCUT2D eigenvalue weighted by molar-refractivity contribution is 5.97. The molecule has 1 aliphatic heterocycles. The van der Waals surface area contributed by atoms with Crippen LogP contribution in [0.1, 0.15) is 54.9 Å². The molecular weight excluding hydrogens is 250 g/mol. The Labute approximate surface area is 121 Å². The number of carbonyl (C=O) groups excluding carboxylic acids is 1. The highest BCUT2D eigenvalue weighted by Crippen LogP contribution is 2.18. The third-order valence-corrected chi connectivity index (χ3v) is 4.21. The van der Waals surface area contributed by atoms with Crippen molar-refractivity contribution in [3.63, 3.8) is 0 Å². The summed E-state index contributed by atoms with van der Waals surface area (Å²) in [5.74, 6) is 0.640. The van der Waals surface area contributed by atoms with E-state index in [0.29, 0.717) is 12.5 Å². The van der Waals surface area contributed by atoms with Crippen LogP contribution >= 0.6 is 0 Å². The maximum atomic E-state index is 12.3. The van der Waals surface area contributed by atoms with Crippen molar-refractivity contribution in [2.75, 3.05) is 19.7 Å². The second-order valence-corrected chi connectivity index (χ2v) is 6.00. The van der Waals surface area contributed by atoms with Crippen LogP contribution in [0.15, 0.2) is 24.3 Å². The van der Waals surface area contributed by atoms with Gasteiger partial charge in [-0.2, -0.15) is 0 Å². The SMILES string of the molecule is CC(C)c1ccc(C(=O)CN2CCCCC2CO)cc1. The van der Waals surface area contributed by atoms with Gasteiger partial charge in [-0.25, -0.2) is 0 Å². The quantitative estimate of drug-likeness (QED) is 0.840. The molecule has 2 rings (SSSR count). The molecule has 0 amide bonds. The van der Waals surface area contributed by atoms with Gasteiger partial charge >= 0.3 is 0 Å². The molecule has 1 heterocycles. The summed E-state index contributed by atoms with van der Waals surface area (Å²) >= 11 is 0. The molecule has 1 atom stereocenters. The van der Waals surface area contributed by atoms with Crippen LogP contribution in [-0.2, 0) is 0 Å². The highest BCUT2D eigenvalue weighted by atomic mass is 16.3. The van der Waals surface area contributed by atoms with Crippen molar-refractivity contribution in [1.82, 2.24) is 4.90 Å². The molecule has 110 valence electrons. The Kier molecular flexibility index (Phi) is 5.32. The Morgan fingerprint density at radius 2 is 2.00 bits per heavy atom. The van der Waals surface area contributed by atoms with E-state index < -0.39 is 0 Å². The van der Waals surface area contributed by atoms with Gasteiger partial charge in [0.25, 0.3) is 0 Å². The number of hydrogen-bond donors (Lipinski definition) is 1. The number of rotatable bonds is 5. The summed E-state index contributed by atoms with van der Waals surface area (Å²) in [5, 5.41) is 9.39. The summed E-state index contributed by atoms with van der Waals surface area (Å²) in [6, 6.07) is 8.09. The zero-order valence-electron chi connectivity index (χ0n) is 12.5. The minimum Gasteiger partial charge on any atom is -0.395 e. The standard InChI is InChI=1S/C17H25NO2/c1-13(2)14-6-8-15(9-7-14)17(20)11-18-10-4-3-5-16(18)12-19/h6-9,13,16,19H,3-5,10-12H2,1-2H3. The van der Waals surface area contributed by atoms with E-state index in [1.165, 1.54) is 5.56 Å². The van der Waals surface area contributed by atoms with Crippen LogP contribution in [0.2, 0.25) is 0 Å². The number of likely N-dealkylation sites (tertiary alicyclic amines) is 1. The highest BCUT2D eigenvalue weighted by Gasteiger charge is 2.23. The average Bonchev–Trinajstić information content (AvgIpc) is 2.48. The van der Waals surface area contributed by atoms with Crippen LogP contribution in [-0.4, -0.2) is 41.5 Å². The Morgan fingerprint density at radius 1 is 1.30 bits per heavy atom. The summed E-state index contributed by atoms with van der Waals surface area (Å²) in [5.41, 5.74) is 2.03. The lowest BCUT2D eigenvalue weighted by atomic mass is 9.99. The normalized spacial score (nSPS) is 20.3. The van der Waals surface area contributed by atoms with E-state index in [1.807, 2.05) is 24.3 Å². The van der Waals surface area contributed by atoms with E-state index in [0.717, 1.165) is 31.4 Å². The Bertz CT molecular complexity index is 439. The van der Waals surface area contributed by atoms with Gasteiger partial charge in [0.05, 0.1) is 13.2 Å². The van der Waals surface area contributed by atoms with Crippen LogP contribution < -0.4 is 0 Å². The summed E-state index contributed by atoms with van der Waals surface area (Å²) in [6.07, 6.45) is 3.27. The molecule has 3 nitrogen and oxygen atoms in total. The van der Waals surface area contributed by atoms with Crippen molar-refractivity contribution in [1.29, 1.82) is 0 Å². The lowest BCUT2D eigenvalue weighted by Crippen LogP contribution is -2.44.